The Morgan fingerprint density at radius 1 is 1.19 bits per heavy atom. The molecule has 0 unspecified atom stereocenters. The van der Waals surface area contributed by atoms with E-state index in [4.69, 9.17) is 0 Å². The number of carbonyl (C=O) groups is 2. The van der Waals surface area contributed by atoms with Gasteiger partial charge in [-0.25, -0.2) is 4.98 Å². The fourth-order valence-electron chi connectivity index (χ4n) is 5.10. The number of nitrogens with one attached hydrogen (secondary N) is 1. The van der Waals surface area contributed by atoms with E-state index in [-0.39, 0.29) is 36.1 Å². The molecule has 5 rings (SSSR count). The molecule has 27 heavy (non-hydrogen) atoms. The van der Waals surface area contributed by atoms with Crippen LogP contribution in [0.15, 0.2) is 42.5 Å². The fraction of sp³-hybridized carbons (Fsp3) is 0.429. The third kappa shape index (κ3) is 2.39. The number of hydrogen-bond acceptors (Lipinski definition) is 4. The van der Waals surface area contributed by atoms with Crippen LogP contribution in [0.3, 0.4) is 0 Å². The van der Waals surface area contributed by atoms with Crippen molar-refractivity contribution in [2.24, 2.45) is 23.2 Å². The van der Waals surface area contributed by atoms with E-state index in [2.05, 4.69) is 39.5 Å². The second-order valence-corrected chi connectivity index (χ2v) is 8.06. The predicted octanol–water partition coefficient (Wildman–Crippen LogP) is 2.29. The van der Waals surface area contributed by atoms with Crippen molar-refractivity contribution in [3.8, 4) is 0 Å². The summed E-state index contributed by atoms with van der Waals surface area (Å²) in [5.41, 5.74) is 0.657. The molecule has 1 N–H and O–H groups in total. The maximum absolute atomic E-state index is 13.0. The minimum atomic E-state index is -0.577. The molecule has 2 bridgehead atoms. The zero-order valence-electron chi connectivity index (χ0n) is 15.3. The Balaban J connectivity index is 1.29. The number of fused-ring (bicyclic) bond motifs is 5. The van der Waals surface area contributed by atoms with E-state index in [1.54, 1.807) is 0 Å². The van der Waals surface area contributed by atoms with Gasteiger partial charge in [-0.2, -0.15) is 5.10 Å². The highest BCUT2D eigenvalue weighted by Gasteiger charge is 2.67. The van der Waals surface area contributed by atoms with Crippen molar-refractivity contribution in [2.45, 2.75) is 32.7 Å². The molecule has 1 aliphatic heterocycles. The maximum Gasteiger partial charge on any atom is 0.236 e. The lowest BCUT2D eigenvalue weighted by molar-refractivity contribution is -0.143. The van der Waals surface area contributed by atoms with E-state index in [1.165, 1.54) is 10.5 Å². The van der Waals surface area contributed by atoms with Crippen LogP contribution < -0.4 is 0 Å². The van der Waals surface area contributed by atoms with E-state index in [0.717, 1.165) is 19.3 Å². The second kappa shape index (κ2) is 5.87. The smallest absolute Gasteiger partial charge is 0.236 e. The highest BCUT2D eigenvalue weighted by molar-refractivity contribution is 6.08. The third-order valence-corrected chi connectivity index (χ3v) is 6.57. The molecular weight excluding hydrogens is 340 g/mol. The summed E-state index contributed by atoms with van der Waals surface area (Å²) in [6, 6.07) is 10.2. The highest BCUT2D eigenvalue weighted by atomic mass is 16.2. The first-order valence-corrected chi connectivity index (χ1v) is 9.55. The standard InChI is InChI=1S/C21H22N4O2/c1-21-15-9-8-14(11-15)18(21)19(26)25(20(21)27)12-17-22-16(23-24-17)10-7-13-5-3-2-4-6-13/h2-6,8-9,14-15,18H,7,10-12H2,1H3,(H,22,23,24)/t14-,15+,18-,21-/m0/s1. The van der Waals surface area contributed by atoms with Gasteiger partial charge in [0.05, 0.1) is 17.9 Å². The van der Waals surface area contributed by atoms with Crippen LogP contribution in [0.25, 0.3) is 0 Å². The number of imide groups is 1. The number of aromatic nitrogens is 3. The average molecular weight is 362 g/mol. The summed E-state index contributed by atoms with van der Waals surface area (Å²) in [4.78, 5) is 31.9. The number of likely N-dealkylation sites (tertiary alicyclic amines) is 1. The number of H-pyrrole nitrogens is 1. The van der Waals surface area contributed by atoms with Crippen LogP contribution in [0.5, 0.6) is 0 Å². The molecule has 138 valence electrons. The van der Waals surface area contributed by atoms with Gasteiger partial charge in [-0.3, -0.25) is 19.6 Å². The molecule has 1 saturated heterocycles. The van der Waals surface area contributed by atoms with Gasteiger partial charge in [0, 0.05) is 6.42 Å². The molecule has 6 nitrogen and oxygen atoms in total. The quantitative estimate of drug-likeness (QED) is 0.654. The molecule has 2 aromatic rings. The third-order valence-electron chi connectivity index (χ3n) is 6.57. The number of benzene rings is 1. The van der Waals surface area contributed by atoms with Crippen LogP contribution in [-0.4, -0.2) is 31.9 Å². The van der Waals surface area contributed by atoms with E-state index in [0.29, 0.717) is 11.6 Å². The number of amides is 2. The van der Waals surface area contributed by atoms with Crippen molar-refractivity contribution >= 4 is 11.8 Å². The molecule has 3 aliphatic rings. The zero-order chi connectivity index (χ0) is 18.6. The molecule has 1 aromatic carbocycles. The number of nitrogens with zero attached hydrogens (tertiary/aromatic N) is 3. The van der Waals surface area contributed by atoms with E-state index >= 15 is 0 Å². The van der Waals surface area contributed by atoms with Crippen LogP contribution in [0.2, 0.25) is 0 Å². The van der Waals surface area contributed by atoms with Crippen LogP contribution in [-0.2, 0) is 29.0 Å². The van der Waals surface area contributed by atoms with Crippen LogP contribution in [0.1, 0.15) is 30.6 Å². The lowest BCUT2D eigenvalue weighted by atomic mass is 9.71. The monoisotopic (exact) mass is 362 g/mol. The van der Waals surface area contributed by atoms with Crippen molar-refractivity contribution in [1.29, 1.82) is 0 Å². The average Bonchev–Trinajstić information content (AvgIpc) is 3.42. The first-order chi connectivity index (χ1) is 13.1. The molecule has 2 amide bonds. The number of allylic oxidation sites excluding steroid dienone is 2. The summed E-state index contributed by atoms with van der Waals surface area (Å²) in [5, 5.41) is 7.16. The van der Waals surface area contributed by atoms with Crippen LogP contribution in [0.4, 0.5) is 0 Å². The van der Waals surface area contributed by atoms with Crippen molar-refractivity contribution < 1.29 is 9.59 Å². The number of aromatic amines is 1. The van der Waals surface area contributed by atoms with Gasteiger partial charge in [-0.1, -0.05) is 42.5 Å². The molecule has 2 heterocycles. The van der Waals surface area contributed by atoms with E-state index in [9.17, 15) is 9.59 Å². The Kier molecular flexibility index (Phi) is 3.57. The summed E-state index contributed by atoms with van der Waals surface area (Å²) < 4.78 is 0. The Morgan fingerprint density at radius 3 is 2.78 bits per heavy atom. The normalized spacial score (nSPS) is 31.1. The van der Waals surface area contributed by atoms with Gasteiger partial charge < -0.3 is 0 Å². The van der Waals surface area contributed by atoms with Gasteiger partial charge in [-0.15, -0.1) is 0 Å². The number of aryl methyl sites for hydroxylation is 2. The van der Waals surface area contributed by atoms with Gasteiger partial charge in [0.25, 0.3) is 0 Å². The Hall–Kier alpha value is -2.76. The van der Waals surface area contributed by atoms with Gasteiger partial charge in [0.15, 0.2) is 5.82 Å². The summed E-state index contributed by atoms with van der Waals surface area (Å²) in [6.45, 7) is 2.14. The molecule has 0 radical (unpaired) electrons. The zero-order valence-corrected chi connectivity index (χ0v) is 15.3. The van der Waals surface area contributed by atoms with Crippen LogP contribution in [0, 0.1) is 23.2 Å². The van der Waals surface area contributed by atoms with Crippen LogP contribution >= 0.6 is 0 Å². The lowest BCUT2D eigenvalue weighted by Gasteiger charge is -2.28. The summed E-state index contributed by atoms with van der Waals surface area (Å²) >= 11 is 0. The van der Waals surface area contributed by atoms with Gasteiger partial charge >= 0.3 is 0 Å². The topological polar surface area (TPSA) is 79.0 Å². The minimum absolute atomic E-state index is 0.0541. The molecule has 2 fully saturated rings. The van der Waals surface area contributed by atoms with Crippen molar-refractivity contribution in [1.82, 2.24) is 20.1 Å². The van der Waals surface area contributed by atoms with Gasteiger partial charge in [0.2, 0.25) is 11.8 Å². The van der Waals surface area contributed by atoms with E-state index < -0.39 is 5.41 Å². The first kappa shape index (κ1) is 16.4. The largest absolute Gasteiger partial charge is 0.274 e. The molecule has 4 atom stereocenters. The Labute approximate surface area is 157 Å². The molecule has 0 spiro atoms. The molecular formula is C21H22N4O2. The Morgan fingerprint density at radius 2 is 2.00 bits per heavy atom. The minimum Gasteiger partial charge on any atom is -0.274 e. The SMILES string of the molecule is C[C@@]12C(=O)N(Cc3nc(CCc4ccccc4)n[nH]3)C(=O)[C@@H]1[C@H]1C=C[C@@H]2C1. The lowest BCUT2D eigenvalue weighted by Crippen LogP contribution is -2.37. The number of hydrogen-bond donors (Lipinski definition) is 1. The van der Waals surface area contributed by atoms with Crippen molar-refractivity contribution in [3.63, 3.8) is 0 Å². The summed E-state index contributed by atoms with van der Waals surface area (Å²) in [7, 11) is 0. The summed E-state index contributed by atoms with van der Waals surface area (Å²) in [6.07, 6.45) is 6.73. The molecule has 1 aromatic heterocycles. The second-order valence-electron chi connectivity index (χ2n) is 8.06. The predicted molar refractivity (Wildman–Crippen MR) is 98.1 cm³/mol. The molecule has 6 heteroatoms. The van der Waals surface area contributed by atoms with Crippen molar-refractivity contribution in [2.75, 3.05) is 0 Å². The Bertz CT molecular complexity index is 935. The maximum atomic E-state index is 13.0. The highest BCUT2D eigenvalue weighted by Crippen LogP contribution is 2.60. The molecule has 2 aliphatic carbocycles. The van der Waals surface area contributed by atoms with E-state index in [1.807, 2.05) is 25.1 Å². The summed E-state index contributed by atoms with van der Waals surface area (Å²) in [5.74, 6) is 1.35. The first-order valence-electron chi connectivity index (χ1n) is 9.55. The van der Waals surface area contributed by atoms with Crippen molar-refractivity contribution in [3.05, 3.63) is 59.7 Å². The number of carbonyl (C=O) groups excluding carboxylic acids is 2. The molecule has 1 saturated carbocycles. The number of rotatable bonds is 5. The van der Waals surface area contributed by atoms with Gasteiger partial charge in [-0.05, 0) is 37.2 Å². The fourth-order valence-corrected chi connectivity index (χ4v) is 5.10. The van der Waals surface area contributed by atoms with Gasteiger partial charge in [0.1, 0.15) is 5.82 Å².